The lowest BCUT2D eigenvalue weighted by Gasteiger charge is -2.04. The molecule has 0 aliphatic heterocycles. The third kappa shape index (κ3) is 1.70. The molecule has 0 saturated heterocycles. The second-order valence-electron chi connectivity index (χ2n) is 3.60. The number of hydrogen-bond donors (Lipinski definition) is 1. The van der Waals surface area contributed by atoms with Crippen LogP contribution in [-0.4, -0.2) is 15.2 Å². The Morgan fingerprint density at radius 3 is 2.20 bits per heavy atom. The largest absolute Gasteiger partial charge is 0.507 e. The van der Waals surface area contributed by atoms with Crippen LogP contribution in [0, 0.1) is 20.8 Å². The molecule has 0 saturated carbocycles. The Labute approximate surface area is 87.6 Å². The number of hydrogen-bond acceptors (Lipinski definition) is 4. The van der Waals surface area contributed by atoms with Crippen LogP contribution < -0.4 is 0 Å². The second-order valence-corrected chi connectivity index (χ2v) is 3.60. The molecule has 4 nitrogen and oxygen atoms in total. The fourth-order valence-electron chi connectivity index (χ4n) is 1.50. The van der Waals surface area contributed by atoms with Gasteiger partial charge in [-0.05, 0) is 37.1 Å². The zero-order valence-electron chi connectivity index (χ0n) is 8.90. The second kappa shape index (κ2) is 3.38. The maximum atomic E-state index is 9.62. The third-order valence-electron chi connectivity index (χ3n) is 2.28. The molecule has 0 aliphatic carbocycles. The molecule has 15 heavy (non-hydrogen) atoms. The summed E-state index contributed by atoms with van der Waals surface area (Å²) in [6, 6.07) is 3.68. The first-order valence-corrected chi connectivity index (χ1v) is 4.69. The number of aromatic hydroxyl groups is 1. The van der Waals surface area contributed by atoms with E-state index in [1.54, 1.807) is 6.92 Å². The van der Waals surface area contributed by atoms with Gasteiger partial charge in [-0.2, -0.15) is 4.98 Å². The minimum Gasteiger partial charge on any atom is -0.507 e. The van der Waals surface area contributed by atoms with E-state index in [1.807, 2.05) is 26.0 Å². The first-order chi connectivity index (χ1) is 7.08. The SMILES string of the molecule is Cc1nc(-c2cc(C)c(O)c(C)c2)no1. The van der Waals surface area contributed by atoms with E-state index in [2.05, 4.69) is 10.1 Å². The number of aromatic nitrogens is 2. The zero-order chi connectivity index (χ0) is 11.0. The maximum absolute atomic E-state index is 9.62. The number of aryl methyl sites for hydroxylation is 3. The van der Waals surface area contributed by atoms with Gasteiger partial charge in [0.1, 0.15) is 5.75 Å². The van der Waals surface area contributed by atoms with Crippen molar-refractivity contribution in [1.29, 1.82) is 0 Å². The highest BCUT2D eigenvalue weighted by atomic mass is 16.5. The molecule has 2 aromatic rings. The molecule has 0 bridgehead atoms. The fourth-order valence-corrected chi connectivity index (χ4v) is 1.50. The Balaban J connectivity index is 2.55. The molecule has 1 heterocycles. The molecule has 1 aromatic heterocycles. The molecule has 0 atom stereocenters. The predicted octanol–water partition coefficient (Wildman–Crippen LogP) is 2.37. The molecular formula is C11H12N2O2. The molecule has 78 valence electrons. The van der Waals surface area contributed by atoms with E-state index in [-0.39, 0.29) is 0 Å². The normalized spacial score (nSPS) is 10.6. The summed E-state index contributed by atoms with van der Waals surface area (Å²) in [6.07, 6.45) is 0. The maximum Gasteiger partial charge on any atom is 0.223 e. The van der Waals surface area contributed by atoms with E-state index < -0.39 is 0 Å². The Hall–Kier alpha value is -1.84. The highest BCUT2D eigenvalue weighted by Crippen LogP contribution is 2.27. The summed E-state index contributed by atoms with van der Waals surface area (Å²) in [4.78, 5) is 4.13. The molecule has 0 fully saturated rings. The Morgan fingerprint density at radius 2 is 1.73 bits per heavy atom. The van der Waals surface area contributed by atoms with Crippen molar-refractivity contribution in [3.05, 3.63) is 29.2 Å². The molecule has 4 heteroatoms. The molecular weight excluding hydrogens is 192 g/mol. The van der Waals surface area contributed by atoms with Gasteiger partial charge < -0.3 is 9.63 Å². The first-order valence-electron chi connectivity index (χ1n) is 4.69. The summed E-state index contributed by atoms with van der Waals surface area (Å²) in [5, 5.41) is 13.4. The minimum atomic E-state index is 0.318. The van der Waals surface area contributed by atoms with Crippen molar-refractivity contribution in [3.8, 4) is 17.1 Å². The Bertz CT molecular complexity index is 480. The Morgan fingerprint density at radius 1 is 1.13 bits per heavy atom. The van der Waals surface area contributed by atoms with Gasteiger partial charge in [0.25, 0.3) is 0 Å². The average Bonchev–Trinajstić information content (AvgIpc) is 2.60. The predicted molar refractivity (Wildman–Crippen MR) is 55.6 cm³/mol. The monoisotopic (exact) mass is 204 g/mol. The van der Waals surface area contributed by atoms with Gasteiger partial charge in [-0.25, -0.2) is 0 Å². The molecule has 1 N–H and O–H groups in total. The third-order valence-corrected chi connectivity index (χ3v) is 2.28. The van der Waals surface area contributed by atoms with E-state index in [4.69, 9.17) is 4.52 Å². The zero-order valence-corrected chi connectivity index (χ0v) is 8.90. The number of phenolic OH excluding ortho intramolecular Hbond substituents is 1. The number of phenols is 1. The van der Waals surface area contributed by atoms with Gasteiger partial charge in [0.15, 0.2) is 0 Å². The van der Waals surface area contributed by atoms with E-state index in [0.29, 0.717) is 17.5 Å². The highest BCUT2D eigenvalue weighted by Gasteiger charge is 2.09. The molecule has 0 spiro atoms. The quantitative estimate of drug-likeness (QED) is 0.774. The van der Waals surface area contributed by atoms with Crippen molar-refractivity contribution >= 4 is 0 Å². The van der Waals surface area contributed by atoms with Gasteiger partial charge >= 0.3 is 0 Å². The van der Waals surface area contributed by atoms with Crippen LogP contribution in [0.2, 0.25) is 0 Å². The number of benzene rings is 1. The van der Waals surface area contributed by atoms with Crippen LogP contribution in [0.1, 0.15) is 17.0 Å². The number of nitrogens with zero attached hydrogens (tertiary/aromatic N) is 2. The molecule has 0 radical (unpaired) electrons. The lowest BCUT2D eigenvalue weighted by atomic mass is 10.1. The molecule has 2 rings (SSSR count). The molecule has 1 aromatic carbocycles. The number of rotatable bonds is 1. The van der Waals surface area contributed by atoms with Gasteiger partial charge in [-0.1, -0.05) is 5.16 Å². The fraction of sp³-hybridized carbons (Fsp3) is 0.273. The summed E-state index contributed by atoms with van der Waals surface area (Å²) in [6.45, 7) is 5.44. The van der Waals surface area contributed by atoms with Gasteiger partial charge in [0.05, 0.1) is 0 Å². The van der Waals surface area contributed by atoms with Crippen molar-refractivity contribution in [3.63, 3.8) is 0 Å². The topological polar surface area (TPSA) is 59.2 Å². The van der Waals surface area contributed by atoms with Crippen LogP contribution in [0.3, 0.4) is 0 Å². The van der Waals surface area contributed by atoms with Gasteiger partial charge in [-0.3, -0.25) is 0 Å². The van der Waals surface area contributed by atoms with E-state index in [1.165, 1.54) is 0 Å². The van der Waals surface area contributed by atoms with Crippen molar-refractivity contribution in [2.45, 2.75) is 20.8 Å². The first kappa shape index (κ1) is 9.71. The highest BCUT2D eigenvalue weighted by molar-refractivity contribution is 5.60. The lowest BCUT2D eigenvalue weighted by molar-refractivity contribution is 0.394. The van der Waals surface area contributed by atoms with Crippen molar-refractivity contribution in [2.24, 2.45) is 0 Å². The molecule has 0 unspecified atom stereocenters. The van der Waals surface area contributed by atoms with Crippen LogP contribution in [0.25, 0.3) is 11.4 Å². The van der Waals surface area contributed by atoms with Gasteiger partial charge in [-0.15, -0.1) is 0 Å². The van der Waals surface area contributed by atoms with E-state index >= 15 is 0 Å². The van der Waals surface area contributed by atoms with Crippen molar-refractivity contribution in [1.82, 2.24) is 10.1 Å². The molecule has 0 aliphatic rings. The van der Waals surface area contributed by atoms with E-state index in [9.17, 15) is 5.11 Å². The van der Waals surface area contributed by atoms with Crippen LogP contribution in [0.4, 0.5) is 0 Å². The van der Waals surface area contributed by atoms with Crippen LogP contribution in [0.15, 0.2) is 16.7 Å². The van der Waals surface area contributed by atoms with Crippen LogP contribution >= 0.6 is 0 Å². The molecule has 0 amide bonds. The van der Waals surface area contributed by atoms with Crippen LogP contribution in [-0.2, 0) is 0 Å². The Kier molecular flexibility index (Phi) is 2.19. The smallest absolute Gasteiger partial charge is 0.223 e. The lowest BCUT2D eigenvalue weighted by Crippen LogP contribution is -1.86. The van der Waals surface area contributed by atoms with Gasteiger partial charge in [0, 0.05) is 12.5 Å². The van der Waals surface area contributed by atoms with Gasteiger partial charge in [0.2, 0.25) is 11.7 Å². The van der Waals surface area contributed by atoms with E-state index in [0.717, 1.165) is 16.7 Å². The summed E-state index contributed by atoms with van der Waals surface area (Å²) in [5.74, 6) is 1.41. The standard InChI is InChI=1S/C11H12N2O2/c1-6-4-9(5-7(2)10(6)14)11-12-8(3)15-13-11/h4-5,14H,1-3H3. The summed E-state index contributed by atoms with van der Waals surface area (Å²) in [5.41, 5.74) is 2.49. The average molecular weight is 204 g/mol. The summed E-state index contributed by atoms with van der Waals surface area (Å²) < 4.78 is 4.91. The van der Waals surface area contributed by atoms with Crippen LogP contribution in [0.5, 0.6) is 5.75 Å². The summed E-state index contributed by atoms with van der Waals surface area (Å²) in [7, 11) is 0. The van der Waals surface area contributed by atoms with Crippen molar-refractivity contribution in [2.75, 3.05) is 0 Å². The van der Waals surface area contributed by atoms with Crippen molar-refractivity contribution < 1.29 is 9.63 Å². The minimum absolute atomic E-state index is 0.318. The summed E-state index contributed by atoms with van der Waals surface area (Å²) >= 11 is 0.